The lowest BCUT2D eigenvalue weighted by Gasteiger charge is -2.32. The van der Waals surface area contributed by atoms with Crippen molar-refractivity contribution < 1.29 is 25.3 Å². The van der Waals surface area contributed by atoms with Crippen molar-refractivity contribution in [1.82, 2.24) is 14.6 Å². The molecule has 1 aromatic heterocycles. The van der Waals surface area contributed by atoms with Crippen LogP contribution >= 0.6 is 0 Å². The SMILES string of the molecule is CC1(C)c2ccc(NC3N=CNc4c3ncn4[C@@H]3O[C@H](CO)[C@@H](O)[C@H]3O)cc2C(C)(C)N1[O]. The zero-order valence-electron chi connectivity index (χ0n) is 18.9. The Kier molecular flexibility index (Phi) is 5.05. The third-order valence-corrected chi connectivity index (χ3v) is 6.95. The molecule has 0 saturated carbocycles. The number of fused-ring (bicyclic) bond motifs is 2. The lowest BCUT2D eigenvalue weighted by Crippen LogP contribution is -2.41. The number of nitrogens with zero attached hydrogens (tertiary/aromatic N) is 4. The highest BCUT2D eigenvalue weighted by molar-refractivity contribution is 5.78. The van der Waals surface area contributed by atoms with Gasteiger partial charge in [-0.2, -0.15) is 0 Å². The Morgan fingerprint density at radius 3 is 2.58 bits per heavy atom. The quantitative estimate of drug-likeness (QED) is 0.460. The molecule has 11 heteroatoms. The van der Waals surface area contributed by atoms with E-state index in [0.717, 1.165) is 21.9 Å². The molecule has 1 unspecified atom stereocenters. The van der Waals surface area contributed by atoms with Gasteiger partial charge in [-0.3, -0.25) is 4.57 Å². The van der Waals surface area contributed by atoms with Gasteiger partial charge in [0.25, 0.3) is 0 Å². The molecule has 5 rings (SSSR count). The maximum Gasteiger partial charge on any atom is 0.167 e. The summed E-state index contributed by atoms with van der Waals surface area (Å²) in [6.45, 7) is 7.28. The molecule has 4 heterocycles. The zero-order chi connectivity index (χ0) is 23.7. The van der Waals surface area contributed by atoms with Crippen LogP contribution in [0.25, 0.3) is 0 Å². The van der Waals surface area contributed by atoms with Crippen LogP contribution in [0, 0.1) is 0 Å². The van der Waals surface area contributed by atoms with Crippen molar-refractivity contribution in [2.24, 2.45) is 4.99 Å². The lowest BCUT2D eigenvalue weighted by atomic mass is 9.90. The molecule has 3 aliphatic heterocycles. The minimum Gasteiger partial charge on any atom is -0.394 e. The van der Waals surface area contributed by atoms with Gasteiger partial charge in [0.05, 0.1) is 30.4 Å². The Labute approximate surface area is 191 Å². The van der Waals surface area contributed by atoms with Crippen molar-refractivity contribution in [1.29, 1.82) is 0 Å². The summed E-state index contributed by atoms with van der Waals surface area (Å²) in [4.78, 5) is 8.91. The number of hydrogen-bond acceptors (Lipinski definition) is 9. The highest BCUT2D eigenvalue weighted by atomic mass is 16.6. The van der Waals surface area contributed by atoms with Crippen molar-refractivity contribution in [3.8, 4) is 0 Å². The van der Waals surface area contributed by atoms with Crippen molar-refractivity contribution in [2.45, 2.75) is 69.5 Å². The van der Waals surface area contributed by atoms with E-state index in [-0.39, 0.29) is 0 Å². The van der Waals surface area contributed by atoms with Crippen molar-refractivity contribution in [3.05, 3.63) is 41.3 Å². The Morgan fingerprint density at radius 1 is 1.15 bits per heavy atom. The topological polar surface area (TPSA) is 147 Å². The molecular formula is C22H29N6O5. The second-order valence-electron chi connectivity index (χ2n) is 9.76. The number of anilines is 2. The number of ether oxygens (including phenoxy) is 1. The monoisotopic (exact) mass is 457 g/mol. The molecule has 33 heavy (non-hydrogen) atoms. The van der Waals surface area contributed by atoms with Crippen LogP contribution in [0.5, 0.6) is 0 Å². The number of nitrogens with one attached hydrogen (secondary N) is 2. The maximum absolute atomic E-state index is 12.9. The van der Waals surface area contributed by atoms with Gasteiger partial charge in [-0.1, -0.05) is 6.07 Å². The van der Waals surface area contributed by atoms with E-state index in [9.17, 15) is 20.5 Å². The number of aliphatic hydroxyl groups is 3. The molecule has 1 aromatic carbocycles. The van der Waals surface area contributed by atoms with E-state index in [1.54, 1.807) is 4.57 Å². The van der Waals surface area contributed by atoms with Crippen LogP contribution in [0.3, 0.4) is 0 Å². The van der Waals surface area contributed by atoms with E-state index >= 15 is 0 Å². The Balaban J connectivity index is 1.43. The number of imidazole rings is 1. The normalized spacial score (nSPS) is 31.8. The molecule has 1 fully saturated rings. The summed E-state index contributed by atoms with van der Waals surface area (Å²) in [5.41, 5.74) is 2.06. The first-order chi connectivity index (χ1) is 15.6. The van der Waals surface area contributed by atoms with Crippen LogP contribution in [-0.4, -0.2) is 61.2 Å². The first-order valence-electron chi connectivity index (χ1n) is 10.9. The standard InChI is InChI=1S/C22H29N6O5/c1-21(2)12-6-5-11(7-13(12)22(3,4)28(21)32)26-18-15-19(24-9-23-18)27(10-25-15)20-17(31)16(30)14(8-29)33-20/h5-7,9-10,14,16-18,20,26,29-31H,8H2,1-4H3,(H,23,24)/t14-,16-,17-,18?,20-/m1/s1. The third-order valence-electron chi connectivity index (χ3n) is 6.95. The van der Waals surface area contributed by atoms with Gasteiger partial charge in [0.15, 0.2) is 12.4 Å². The van der Waals surface area contributed by atoms with E-state index in [1.807, 2.05) is 45.9 Å². The van der Waals surface area contributed by atoms with Gasteiger partial charge in [-0.25, -0.2) is 9.98 Å². The molecule has 0 aliphatic carbocycles. The van der Waals surface area contributed by atoms with Gasteiger partial charge in [-0.05, 0) is 51.0 Å². The van der Waals surface area contributed by atoms with Crippen LogP contribution in [-0.2, 0) is 21.0 Å². The van der Waals surface area contributed by atoms with Gasteiger partial charge in [0.2, 0.25) is 0 Å². The average molecular weight is 458 g/mol. The summed E-state index contributed by atoms with van der Waals surface area (Å²) >= 11 is 0. The second kappa shape index (κ2) is 7.49. The highest BCUT2D eigenvalue weighted by Crippen LogP contribution is 2.49. The number of aromatic nitrogens is 2. The van der Waals surface area contributed by atoms with E-state index < -0.39 is 48.4 Å². The molecule has 11 nitrogen and oxygen atoms in total. The Morgan fingerprint density at radius 2 is 1.88 bits per heavy atom. The van der Waals surface area contributed by atoms with Crippen molar-refractivity contribution >= 4 is 17.8 Å². The minimum absolute atomic E-state index is 0.406. The van der Waals surface area contributed by atoms with Crippen molar-refractivity contribution in [2.75, 3.05) is 17.2 Å². The molecule has 5 N–H and O–H groups in total. The fraction of sp³-hybridized carbons (Fsp3) is 0.545. The Hall–Kier alpha value is -2.54. The summed E-state index contributed by atoms with van der Waals surface area (Å²) in [5, 5.41) is 50.3. The second-order valence-corrected chi connectivity index (χ2v) is 9.76. The summed E-state index contributed by atoms with van der Waals surface area (Å²) in [6.07, 6.45) is -1.69. The number of aliphatic hydroxyl groups excluding tert-OH is 3. The van der Waals surface area contributed by atoms with Crippen LogP contribution in [0.4, 0.5) is 11.5 Å². The number of benzene rings is 1. The lowest BCUT2D eigenvalue weighted by molar-refractivity contribution is -0.266. The molecule has 2 aromatic rings. The molecule has 1 saturated heterocycles. The first kappa shape index (κ1) is 22.3. The number of hydrogen-bond donors (Lipinski definition) is 5. The predicted octanol–water partition coefficient (Wildman–Crippen LogP) is 1.19. The zero-order valence-corrected chi connectivity index (χ0v) is 18.9. The summed E-state index contributed by atoms with van der Waals surface area (Å²) in [6, 6.07) is 5.88. The van der Waals surface area contributed by atoms with E-state index in [0.29, 0.717) is 11.5 Å². The van der Waals surface area contributed by atoms with Crippen molar-refractivity contribution in [3.63, 3.8) is 0 Å². The molecule has 0 amide bonds. The van der Waals surface area contributed by atoms with E-state index in [1.165, 1.54) is 12.7 Å². The highest BCUT2D eigenvalue weighted by Gasteiger charge is 2.50. The van der Waals surface area contributed by atoms with E-state index in [4.69, 9.17) is 4.74 Å². The summed E-state index contributed by atoms with van der Waals surface area (Å²) < 4.78 is 7.22. The van der Waals surface area contributed by atoms with Gasteiger partial charge in [-0.15, -0.1) is 10.3 Å². The van der Waals surface area contributed by atoms with Crippen LogP contribution < -0.4 is 10.6 Å². The van der Waals surface area contributed by atoms with Crippen LogP contribution in [0.15, 0.2) is 29.5 Å². The maximum atomic E-state index is 12.9. The van der Waals surface area contributed by atoms with Gasteiger partial charge >= 0.3 is 0 Å². The molecule has 0 spiro atoms. The number of rotatable bonds is 4. The van der Waals surface area contributed by atoms with Crippen LogP contribution in [0.1, 0.15) is 56.9 Å². The smallest absolute Gasteiger partial charge is 0.167 e. The largest absolute Gasteiger partial charge is 0.394 e. The van der Waals surface area contributed by atoms with Gasteiger partial charge in [0.1, 0.15) is 29.8 Å². The molecule has 5 atom stereocenters. The minimum atomic E-state index is -1.22. The molecule has 1 radical (unpaired) electrons. The molecule has 3 aliphatic rings. The third kappa shape index (κ3) is 3.19. The van der Waals surface area contributed by atoms with Gasteiger partial charge in [0, 0.05) is 5.69 Å². The summed E-state index contributed by atoms with van der Waals surface area (Å²) in [7, 11) is 0. The van der Waals surface area contributed by atoms with Gasteiger partial charge < -0.3 is 30.7 Å². The molecule has 177 valence electrons. The number of hydroxylamine groups is 2. The van der Waals surface area contributed by atoms with Crippen LogP contribution in [0.2, 0.25) is 0 Å². The fourth-order valence-electron chi connectivity index (χ4n) is 5.13. The first-order valence-corrected chi connectivity index (χ1v) is 10.9. The average Bonchev–Trinajstić information content (AvgIpc) is 3.38. The summed E-state index contributed by atoms with van der Waals surface area (Å²) in [5.74, 6) is 0.561. The molecular weight excluding hydrogens is 428 g/mol. The predicted molar refractivity (Wildman–Crippen MR) is 119 cm³/mol. The van der Waals surface area contributed by atoms with E-state index in [2.05, 4.69) is 20.6 Å². The molecule has 0 bridgehead atoms. The Bertz CT molecular complexity index is 1100. The number of aliphatic imine (C=N–C) groups is 1. The fourth-order valence-corrected chi connectivity index (χ4v) is 5.13.